The minimum Gasteiger partial charge on any atom is -0.462 e. The maximum absolute atomic E-state index is 13.4. The maximum atomic E-state index is 13.4. The van der Waals surface area contributed by atoms with Gasteiger partial charge in [-0.25, -0.2) is 14.0 Å². The molecule has 0 heterocycles. The van der Waals surface area contributed by atoms with Gasteiger partial charge < -0.3 is 14.8 Å². The molecule has 1 aromatic rings. The number of hydrogen-bond acceptors (Lipinski definition) is 4. The van der Waals surface area contributed by atoms with Crippen LogP contribution in [0.25, 0.3) is 0 Å². The van der Waals surface area contributed by atoms with Gasteiger partial charge in [0.25, 0.3) is 0 Å². The van der Waals surface area contributed by atoms with Gasteiger partial charge >= 0.3 is 23.9 Å². The van der Waals surface area contributed by atoms with E-state index >= 15 is 0 Å². The molecule has 1 unspecified atom stereocenters. The van der Waals surface area contributed by atoms with E-state index in [0.717, 1.165) is 12.1 Å². The van der Waals surface area contributed by atoms with Crippen LogP contribution in [0.4, 0.5) is 28.0 Å². The smallest absolute Gasteiger partial charge is 0.448 e. The molecule has 10 heteroatoms. The first-order chi connectivity index (χ1) is 10.7. The molecule has 2 N–H and O–H groups in total. The number of esters is 1. The molecule has 0 aliphatic heterocycles. The van der Waals surface area contributed by atoms with Gasteiger partial charge in [0.1, 0.15) is 5.82 Å². The van der Waals surface area contributed by atoms with E-state index in [0.29, 0.717) is 7.11 Å². The Morgan fingerprint density at radius 2 is 1.83 bits per heavy atom. The van der Waals surface area contributed by atoms with Crippen LogP contribution in [0.5, 0.6) is 0 Å². The van der Waals surface area contributed by atoms with Crippen LogP contribution in [0.15, 0.2) is 24.3 Å². The Labute approximate surface area is 128 Å². The molecule has 0 aliphatic rings. The van der Waals surface area contributed by atoms with Gasteiger partial charge in [0.2, 0.25) is 0 Å². The van der Waals surface area contributed by atoms with Gasteiger partial charge in [-0.3, -0.25) is 5.32 Å². The summed E-state index contributed by atoms with van der Waals surface area (Å²) in [7, 11) is 0.577. The highest BCUT2D eigenvalue weighted by Gasteiger charge is 2.64. The van der Waals surface area contributed by atoms with Crippen molar-refractivity contribution in [2.24, 2.45) is 0 Å². The Kier molecular flexibility index (Phi) is 5.91. The number of rotatable bonds is 5. The summed E-state index contributed by atoms with van der Waals surface area (Å²) in [6.07, 6.45) is -5.30. The fourth-order valence-electron chi connectivity index (χ4n) is 1.60. The van der Waals surface area contributed by atoms with E-state index in [1.807, 2.05) is 5.32 Å². The molecule has 23 heavy (non-hydrogen) atoms. The van der Waals surface area contributed by atoms with Crippen molar-refractivity contribution in [3.63, 3.8) is 0 Å². The number of para-hydroxylation sites is 1. The zero-order chi connectivity index (χ0) is 17.7. The number of alkyl halides is 3. The Morgan fingerprint density at radius 1 is 1.22 bits per heavy atom. The summed E-state index contributed by atoms with van der Waals surface area (Å²) >= 11 is 0. The second kappa shape index (κ2) is 7.27. The largest absolute Gasteiger partial charge is 0.462 e. The first kappa shape index (κ1) is 18.7. The highest BCUT2D eigenvalue weighted by molar-refractivity contribution is 5.94. The van der Waals surface area contributed by atoms with Gasteiger partial charge in [-0.15, -0.1) is 0 Å². The minimum absolute atomic E-state index is 0.364. The molecular weight excluding hydrogens is 324 g/mol. The molecule has 0 bridgehead atoms. The van der Waals surface area contributed by atoms with Crippen molar-refractivity contribution in [1.29, 1.82) is 0 Å². The third-order valence-electron chi connectivity index (χ3n) is 2.68. The number of methoxy groups -OCH3 is 1. The monoisotopic (exact) mass is 338 g/mol. The number of amides is 2. The van der Waals surface area contributed by atoms with Crippen LogP contribution in [-0.2, 0) is 14.3 Å². The molecule has 6 nitrogen and oxygen atoms in total. The van der Waals surface area contributed by atoms with Crippen LogP contribution in [0.2, 0.25) is 0 Å². The summed E-state index contributed by atoms with van der Waals surface area (Å²) in [6, 6.07) is 3.31. The Bertz CT molecular complexity index is 579. The average molecular weight is 338 g/mol. The first-order valence-electron chi connectivity index (χ1n) is 6.30. The molecule has 0 aliphatic carbocycles. The van der Waals surface area contributed by atoms with Gasteiger partial charge in [-0.2, -0.15) is 13.2 Å². The third-order valence-corrected chi connectivity index (χ3v) is 2.68. The number of carbonyl (C=O) groups is 2. The molecule has 0 radical (unpaired) electrons. The minimum atomic E-state index is -5.30. The van der Waals surface area contributed by atoms with Crippen LogP contribution in [0, 0.1) is 5.82 Å². The zero-order valence-corrected chi connectivity index (χ0v) is 12.2. The second-order valence-electron chi connectivity index (χ2n) is 4.16. The van der Waals surface area contributed by atoms with Gasteiger partial charge in [0, 0.05) is 7.11 Å². The lowest BCUT2D eigenvalue weighted by Crippen LogP contribution is -2.66. The predicted molar refractivity (Wildman–Crippen MR) is 71.0 cm³/mol. The molecule has 0 fully saturated rings. The Balaban J connectivity index is 3.03. The number of anilines is 1. The van der Waals surface area contributed by atoms with Crippen molar-refractivity contribution in [2.75, 3.05) is 19.0 Å². The quantitative estimate of drug-likeness (QED) is 0.491. The Morgan fingerprint density at radius 3 is 2.30 bits per heavy atom. The van der Waals surface area contributed by atoms with Crippen LogP contribution >= 0.6 is 0 Å². The maximum Gasteiger partial charge on any atom is 0.448 e. The fourth-order valence-corrected chi connectivity index (χ4v) is 1.60. The highest BCUT2D eigenvalue weighted by atomic mass is 19.4. The predicted octanol–water partition coefficient (Wildman–Crippen LogP) is 2.42. The van der Waals surface area contributed by atoms with Crippen molar-refractivity contribution < 1.29 is 36.6 Å². The van der Waals surface area contributed by atoms with E-state index in [-0.39, 0.29) is 12.3 Å². The summed E-state index contributed by atoms with van der Waals surface area (Å²) in [4.78, 5) is 23.3. The third kappa shape index (κ3) is 4.09. The van der Waals surface area contributed by atoms with Gasteiger partial charge in [0.05, 0.1) is 12.3 Å². The van der Waals surface area contributed by atoms with Crippen molar-refractivity contribution in [3.05, 3.63) is 30.1 Å². The van der Waals surface area contributed by atoms with Gasteiger partial charge in [0.15, 0.2) is 0 Å². The van der Waals surface area contributed by atoms with Crippen LogP contribution in [0.3, 0.4) is 0 Å². The summed E-state index contributed by atoms with van der Waals surface area (Å²) in [6.45, 7) is 0.921. The molecular formula is C13H14F4N2O4. The lowest BCUT2D eigenvalue weighted by molar-refractivity contribution is -0.276. The van der Waals surface area contributed by atoms with E-state index in [9.17, 15) is 27.2 Å². The topological polar surface area (TPSA) is 76.7 Å². The number of urea groups is 1. The number of benzene rings is 1. The number of carbonyl (C=O) groups excluding carboxylic acids is 2. The van der Waals surface area contributed by atoms with Crippen LogP contribution in [-0.4, -0.2) is 37.6 Å². The summed E-state index contributed by atoms with van der Waals surface area (Å²) in [5.74, 6) is -2.72. The Hall–Kier alpha value is -2.36. The molecule has 0 aromatic heterocycles. The highest BCUT2D eigenvalue weighted by Crippen LogP contribution is 2.32. The molecule has 1 atom stereocenters. The second-order valence-corrected chi connectivity index (χ2v) is 4.16. The van der Waals surface area contributed by atoms with E-state index in [4.69, 9.17) is 0 Å². The molecule has 0 saturated heterocycles. The summed E-state index contributed by atoms with van der Waals surface area (Å²) < 4.78 is 61.4. The van der Waals surface area contributed by atoms with Gasteiger partial charge in [-0.1, -0.05) is 12.1 Å². The number of halogens is 4. The van der Waals surface area contributed by atoms with E-state index < -0.39 is 29.7 Å². The molecule has 1 rings (SSSR count). The number of ether oxygens (including phenoxy) is 2. The summed E-state index contributed by atoms with van der Waals surface area (Å²) in [5, 5.41) is 3.20. The molecule has 0 saturated carbocycles. The zero-order valence-electron chi connectivity index (χ0n) is 12.2. The number of hydrogen-bond donors (Lipinski definition) is 2. The lowest BCUT2D eigenvalue weighted by atomic mass is 10.2. The van der Waals surface area contributed by atoms with Crippen molar-refractivity contribution in [2.45, 2.75) is 18.8 Å². The van der Waals surface area contributed by atoms with E-state index in [2.05, 4.69) is 9.47 Å². The average Bonchev–Trinajstić information content (AvgIpc) is 2.46. The van der Waals surface area contributed by atoms with Crippen molar-refractivity contribution in [3.8, 4) is 0 Å². The van der Waals surface area contributed by atoms with Crippen molar-refractivity contribution in [1.82, 2.24) is 5.32 Å². The molecule has 2 amide bonds. The van der Waals surface area contributed by atoms with Crippen LogP contribution < -0.4 is 10.6 Å². The molecule has 128 valence electrons. The van der Waals surface area contributed by atoms with Gasteiger partial charge in [-0.05, 0) is 19.1 Å². The van der Waals surface area contributed by atoms with Crippen molar-refractivity contribution >= 4 is 17.7 Å². The fraction of sp³-hybridized carbons (Fsp3) is 0.385. The summed E-state index contributed by atoms with van der Waals surface area (Å²) in [5.41, 5.74) is -4.08. The normalized spacial score (nSPS) is 13.8. The first-order valence-corrected chi connectivity index (χ1v) is 6.30. The van der Waals surface area contributed by atoms with E-state index in [1.165, 1.54) is 24.4 Å². The molecule has 1 aromatic carbocycles. The number of nitrogens with one attached hydrogen (secondary N) is 2. The SMILES string of the molecule is CCOC(=O)C(NC(=O)Nc1ccccc1F)(OC)C(F)(F)F. The lowest BCUT2D eigenvalue weighted by Gasteiger charge is -2.32. The van der Waals surface area contributed by atoms with Crippen LogP contribution in [0.1, 0.15) is 6.92 Å². The van der Waals surface area contributed by atoms with E-state index in [1.54, 1.807) is 0 Å². The standard InChI is InChI=1S/C13H14F4N2O4/c1-3-23-10(20)12(22-2,13(15,16)17)19-11(21)18-9-7-5-4-6-8(9)14/h4-7H,3H2,1-2H3,(H2,18,19,21). The molecule has 0 spiro atoms.